The molecule has 2 nitrogen and oxygen atoms in total. The number of carbonyl (C=O) groups is 1. The summed E-state index contributed by atoms with van der Waals surface area (Å²) in [4.78, 5) is 11.4. The fraction of sp³-hybridized carbons (Fsp3) is 0.417. The first kappa shape index (κ1) is 12.2. The molecule has 0 fully saturated rings. The molecule has 1 aromatic carbocycles. The predicted molar refractivity (Wildman–Crippen MR) is 64.3 cm³/mol. The first-order valence-electron chi connectivity index (χ1n) is 5.00. The number of hydrogen-bond acceptors (Lipinski definition) is 2. The van der Waals surface area contributed by atoms with Crippen molar-refractivity contribution >= 4 is 21.7 Å². The van der Waals surface area contributed by atoms with E-state index >= 15 is 0 Å². The van der Waals surface area contributed by atoms with Crippen LogP contribution in [0.4, 0.5) is 0 Å². The van der Waals surface area contributed by atoms with E-state index in [0.717, 1.165) is 15.8 Å². The van der Waals surface area contributed by atoms with Crippen LogP contribution in [0, 0.1) is 6.92 Å². The summed E-state index contributed by atoms with van der Waals surface area (Å²) in [6.45, 7) is 5.59. The van der Waals surface area contributed by atoms with E-state index in [1.54, 1.807) is 6.92 Å². The molecule has 0 bridgehead atoms. The summed E-state index contributed by atoms with van der Waals surface area (Å²) in [6, 6.07) is 5.80. The largest absolute Gasteiger partial charge is 0.483 e. The number of benzene rings is 1. The Morgan fingerprint density at radius 1 is 1.53 bits per heavy atom. The van der Waals surface area contributed by atoms with Crippen LogP contribution >= 0.6 is 15.9 Å². The molecule has 0 aliphatic heterocycles. The maximum atomic E-state index is 11.4. The summed E-state index contributed by atoms with van der Waals surface area (Å²) in [5, 5.41) is 0. The van der Waals surface area contributed by atoms with Crippen molar-refractivity contribution in [1.29, 1.82) is 0 Å². The third-order valence-corrected chi connectivity index (χ3v) is 2.75. The summed E-state index contributed by atoms with van der Waals surface area (Å²) in [5.41, 5.74) is 1.04. The Labute approximate surface area is 98.8 Å². The lowest BCUT2D eigenvalue weighted by atomic mass is 10.2. The van der Waals surface area contributed by atoms with E-state index < -0.39 is 0 Å². The average Bonchev–Trinajstić information content (AvgIpc) is 2.22. The zero-order valence-electron chi connectivity index (χ0n) is 9.21. The van der Waals surface area contributed by atoms with E-state index in [0.29, 0.717) is 6.42 Å². The van der Waals surface area contributed by atoms with Gasteiger partial charge in [0.2, 0.25) is 0 Å². The van der Waals surface area contributed by atoms with Crippen molar-refractivity contribution in [3.63, 3.8) is 0 Å². The molecule has 0 aromatic heterocycles. The Balaban J connectivity index is 2.80. The summed E-state index contributed by atoms with van der Waals surface area (Å²) in [6.07, 6.45) is 0.136. The molecule has 0 spiro atoms. The van der Waals surface area contributed by atoms with Gasteiger partial charge in [-0.15, -0.1) is 0 Å². The molecule has 0 aliphatic carbocycles. The van der Waals surface area contributed by atoms with Gasteiger partial charge in [-0.1, -0.05) is 28.9 Å². The van der Waals surface area contributed by atoms with Gasteiger partial charge < -0.3 is 4.74 Å². The highest BCUT2D eigenvalue weighted by Gasteiger charge is 2.13. The van der Waals surface area contributed by atoms with E-state index in [4.69, 9.17) is 4.74 Å². The number of ether oxygens (including phenoxy) is 1. The molecular weight excluding hydrogens is 256 g/mol. The molecule has 0 N–H and O–H groups in total. The normalized spacial score (nSPS) is 12.3. The Morgan fingerprint density at radius 3 is 2.80 bits per heavy atom. The Hall–Kier alpha value is -0.830. The maximum Gasteiger partial charge on any atom is 0.172 e. The second-order valence-electron chi connectivity index (χ2n) is 3.49. The molecule has 15 heavy (non-hydrogen) atoms. The summed E-state index contributed by atoms with van der Waals surface area (Å²) in [7, 11) is 0. The molecule has 0 saturated carbocycles. The van der Waals surface area contributed by atoms with Crippen LogP contribution in [0.1, 0.15) is 25.8 Å². The minimum absolute atomic E-state index is 0.120. The van der Waals surface area contributed by atoms with Gasteiger partial charge in [0.05, 0.1) is 0 Å². The van der Waals surface area contributed by atoms with Gasteiger partial charge in [0, 0.05) is 10.9 Å². The molecule has 0 heterocycles. The number of Topliss-reactive ketones (excluding diaryl/α,β-unsaturated/α-hetero) is 1. The molecule has 1 aromatic rings. The SMILES string of the molecule is CCC(=O)C(C)Oc1cc(Br)ccc1C. The molecule has 0 aliphatic rings. The maximum absolute atomic E-state index is 11.4. The van der Waals surface area contributed by atoms with Crippen LogP contribution in [0.15, 0.2) is 22.7 Å². The van der Waals surface area contributed by atoms with E-state index in [9.17, 15) is 4.79 Å². The van der Waals surface area contributed by atoms with Crippen LogP contribution in [-0.2, 0) is 4.79 Å². The summed E-state index contributed by atoms with van der Waals surface area (Å²) < 4.78 is 6.56. The van der Waals surface area contributed by atoms with Crippen LogP contribution < -0.4 is 4.74 Å². The number of hydrogen-bond donors (Lipinski definition) is 0. The Morgan fingerprint density at radius 2 is 2.20 bits per heavy atom. The average molecular weight is 271 g/mol. The zero-order chi connectivity index (χ0) is 11.4. The van der Waals surface area contributed by atoms with E-state index in [2.05, 4.69) is 15.9 Å². The van der Waals surface area contributed by atoms with Crippen LogP contribution in [0.3, 0.4) is 0 Å². The number of ketones is 1. The highest BCUT2D eigenvalue weighted by Crippen LogP contribution is 2.24. The lowest BCUT2D eigenvalue weighted by molar-refractivity contribution is -0.124. The number of aryl methyl sites for hydroxylation is 1. The van der Waals surface area contributed by atoms with Crippen LogP contribution in [0.25, 0.3) is 0 Å². The zero-order valence-corrected chi connectivity index (χ0v) is 10.8. The van der Waals surface area contributed by atoms with Crippen molar-refractivity contribution in [2.75, 3.05) is 0 Å². The van der Waals surface area contributed by atoms with E-state index in [1.807, 2.05) is 32.0 Å². The van der Waals surface area contributed by atoms with Crippen molar-refractivity contribution in [2.45, 2.75) is 33.3 Å². The van der Waals surface area contributed by atoms with Crippen molar-refractivity contribution in [1.82, 2.24) is 0 Å². The van der Waals surface area contributed by atoms with Crippen LogP contribution in [0.2, 0.25) is 0 Å². The van der Waals surface area contributed by atoms with Crippen molar-refractivity contribution in [2.24, 2.45) is 0 Å². The molecule has 0 radical (unpaired) electrons. The monoisotopic (exact) mass is 270 g/mol. The number of carbonyl (C=O) groups excluding carboxylic acids is 1. The van der Waals surface area contributed by atoms with Crippen molar-refractivity contribution in [3.05, 3.63) is 28.2 Å². The highest BCUT2D eigenvalue weighted by molar-refractivity contribution is 9.10. The van der Waals surface area contributed by atoms with Crippen molar-refractivity contribution < 1.29 is 9.53 Å². The molecule has 0 saturated heterocycles. The lowest BCUT2D eigenvalue weighted by Gasteiger charge is -2.14. The topological polar surface area (TPSA) is 26.3 Å². The minimum Gasteiger partial charge on any atom is -0.483 e. The molecule has 3 heteroatoms. The summed E-state index contributed by atoms with van der Waals surface area (Å²) in [5.74, 6) is 0.882. The smallest absolute Gasteiger partial charge is 0.172 e. The number of rotatable bonds is 4. The predicted octanol–water partition coefficient (Wildman–Crippen LogP) is 3.50. The van der Waals surface area contributed by atoms with Gasteiger partial charge in [-0.25, -0.2) is 0 Å². The standard InChI is InChI=1S/C12H15BrO2/c1-4-11(14)9(3)15-12-7-10(13)6-5-8(12)2/h5-7,9H,4H2,1-3H3. The molecule has 1 unspecified atom stereocenters. The first-order valence-corrected chi connectivity index (χ1v) is 5.79. The van der Waals surface area contributed by atoms with Gasteiger partial charge >= 0.3 is 0 Å². The van der Waals surface area contributed by atoms with Gasteiger partial charge in [0.15, 0.2) is 11.9 Å². The van der Waals surface area contributed by atoms with Gasteiger partial charge in [-0.3, -0.25) is 4.79 Å². The third kappa shape index (κ3) is 3.34. The van der Waals surface area contributed by atoms with Crippen LogP contribution in [-0.4, -0.2) is 11.9 Å². The third-order valence-electron chi connectivity index (χ3n) is 2.26. The fourth-order valence-electron chi connectivity index (χ4n) is 1.24. The molecule has 1 rings (SSSR count). The van der Waals surface area contributed by atoms with E-state index in [1.165, 1.54) is 0 Å². The van der Waals surface area contributed by atoms with Gasteiger partial charge in [0.1, 0.15) is 5.75 Å². The van der Waals surface area contributed by atoms with Gasteiger partial charge in [-0.2, -0.15) is 0 Å². The molecule has 1 atom stereocenters. The fourth-order valence-corrected chi connectivity index (χ4v) is 1.58. The second-order valence-corrected chi connectivity index (χ2v) is 4.41. The van der Waals surface area contributed by atoms with Gasteiger partial charge in [0.25, 0.3) is 0 Å². The van der Waals surface area contributed by atoms with E-state index in [-0.39, 0.29) is 11.9 Å². The van der Waals surface area contributed by atoms with Crippen molar-refractivity contribution in [3.8, 4) is 5.75 Å². The van der Waals surface area contributed by atoms with Gasteiger partial charge in [-0.05, 0) is 31.5 Å². The first-order chi connectivity index (χ1) is 7.04. The Bertz CT molecular complexity index is 361. The quantitative estimate of drug-likeness (QED) is 0.837. The lowest BCUT2D eigenvalue weighted by Crippen LogP contribution is -2.23. The molecular formula is C12H15BrO2. The molecule has 82 valence electrons. The minimum atomic E-state index is -0.372. The Kier molecular flexibility index (Phi) is 4.33. The number of halogens is 1. The molecule has 0 amide bonds. The second kappa shape index (κ2) is 5.31. The summed E-state index contributed by atoms with van der Waals surface area (Å²) >= 11 is 3.38. The highest BCUT2D eigenvalue weighted by atomic mass is 79.9. The van der Waals surface area contributed by atoms with Crippen LogP contribution in [0.5, 0.6) is 5.75 Å².